The van der Waals surface area contributed by atoms with Crippen molar-refractivity contribution >= 4 is 41.1 Å². The molecule has 9 heteroatoms. The molecule has 258 valence electrons. The Morgan fingerprint density at radius 1 is 1.08 bits per heavy atom. The quantitative estimate of drug-likeness (QED) is 0.316. The molecule has 0 fully saturated rings. The number of benzene rings is 1. The van der Waals surface area contributed by atoms with Crippen molar-refractivity contribution in [3.63, 3.8) is 0 Å². The molecule has 7 nitrogen and oxygen atoms in total. The van der Waals surface area contributed by atoms with Crippen molar-refractivity contribution in [3.8, 4) is 5.75 Å². The molecule has 2 heterocycles. The third kappa shape index (κ3) is 9.73. The van der Waals surface area contributed by atoms with E-state index >= 15 is 0 Å². The SMILES string of the molecule is C=C1CSCC(=N)/C=C(\NC)CCc2cc3c(c(c2)OCCCn2c(cc(C)c2C(=O)OC)\C=C/C(Cl)=C/C1=C(\C)N(C)C)CCCC3. The van der Waals surface area contributed by atoms with Crippen LogP contribution >= 0.6 is 23.4 Å². The van der Waals surface area contributed by atoms with E-state index in [0.717, 1.165) is 65.2 Å². The Kier molecular flexibility index (Phi) is 13.7. The van der Waals surface area contributed by atoms with Gasteiger partial charge in [0.15, 0.2) is 0 Å². The van der Waals surface area contributed by atoms with Crippen molar-refractivity contribution < 1.29 is 14.3 Å². The van der Waals surface area contributed by atoms with Crippen LogP contribution in [0.3, 0.4) is 0 Å². The van der Waals surface area contributed by atoms with Crippen LogP contribution in [0.15, 0.2) is 70.6 Å². The number of nitrogens with zero attached hydrogens (tertiary/aromatic N) is 2. The number of thioether (sulfide) groups is 1. The van der Waals surface area contributed by atoms with E-state index in [1.807, 2.05) is 63.0 Å². The minimum atomic E-state index is -0.363. The lowest BCUT2D eigenvalue weighted by Crippen LogP contribution is -2.15. The molecule has 1 aliphatic heterocycles. The zero-order chi connectivity index (χ0) is 34.8. The predicted octanol–water partition coefficient (Wildman–Crippen LogP) is 8.26. The molecule has 0 unspecified atom stereocenters. The van der Waals surface area contributed by atoms with Crippen LogP contribution in [0.1, 0.15) is 71.0 Å². The largest absolute Gasteiger partial charge is 0.493 e. The molecular formula is C39H51ClN4O3S. The van der Waals surface area contributed by atoms with Crippen LogP contribution in [0.4, 0.5) is 0 Å². The van der Waals surface area contributed by atoms with Crippen LogP contribution in [0.25, 0.3) is 6.08 Å². The highest BCUT2D eigenvalue weighted by Crippen LogP contribution is 2.33. The monoisotopic (exact) mass is 690 g/mol. The molecule has 4 rings (SSSR count). The number of carbonyl (C=O) groups excluding carboxylic acids is 1. The number of aryl methyl sites for hydroxylation is 3. The Bertz CT molecular complexity index is 1650. The van der Waals surface area contributed by atoms with Gasteiger partial charge in [0.25, 0.3) is 0 Å². The van der Waals surface area contributed by atoms with E-state index in [0.29, 0.717) is 47.5 Å². The van der Waals surface area contributed by atoms with Gasteiger partial charge in [-0.1, -0.05) is 24.2 Å². The van der Waals surface area contributed by atoms with Gasteiger partial charge in [0, 0.05) is 67.0 Å². The van der Waals surface area contributed by atoms with Crippen LogP contribution in [-0.4, -0.2) is 67.5 Å². The molecule has 48 heavy (non-hydrogen) atoms. The first-order chi connectivity index (χ1) is 23.0. The van der Waals surface area contributed by atoms with Crippen LogP contribution < -0.4 is 10.1 Å². The molecule has 0 saturated carbocycles. The van der Waals surface area contributed by atoms with Crippen molar-refractivity contribution in [2.24, 2.45) is 0 Å². The third-order valence-corrected chi connectivity index (χ3v) is 10.3. The fraction of sp³-hybridized carbons (Fsp3) is 0.436. The van der Waals surface area contributed by atoms with Crippen molar-refractivity contribution in [3.05, 3.63) is 104 Å². The van der Waals surface area contributed by atoms with Gasteiger partial charge in [0.1, 0.15) is 11.4 Å². The number of hydrogen-bond acceptors (Lipinski definition) is 7. The number of halogens is 1. The number of aromatic nitrogens is 1. The first-order valence-electron chi connectivity index (χ1n) is 16.7. The zero-order valence-electron chi connectivity index (χ0n) is 29.4. The lowest BCUT2D eigenvalue weighted by molar-refractivity contribution is 0.0587. The van der Waals surface area contributed by atoms with Gasteiger partial charge in [-0.25, -0.2) is 4.79 Å². The fourth-order valence-corrected chi connectivity index (χ4v) is 7.22. The summed E-state index contributed by atoms with van der Waals surface area (Å²) < 4.78 is 13.7. The molecule has 2 bridgehead atoms. The second-order valence-electron chi connectivity index (χ2n) is 12.7. The predicted molar refractivity (Wildman–Crippen MR) is 203 cm³/mol. The highest BCUT2D eigenvalue weighted by Gasteiger charge is 2.20. The van der Waals surface area contributed by atoms with Gasteiger partial charge in [0.05, 0.1) is 13.7 Å². The van der Waals surface area contributed by atoms with Gasteiger partial charge in [0.2, 0.25) is 0 Å². The molecule has 1 aliphatic carbocycles. The summed E-state index contributed by atoms with van der Waals surface area (Å²) in [6, 6.07) is 6.56. The normalized spacial score (nSPS) is 20.9. The van der Waals surface area contributed by atoms with Crippen LogP contribution in [-0.2, 0) is 30.5 Å². The average Bonchev–Trinajstić information content (AvgIpc) is 3.39. The van der Waals surface area contributed by atoms with E-state index in [1.165, 1.54) is 36.6 Å². The van der Waals surface area contributed by atoms with Gasteiger partial charge in [-0.15, -0.1) is 0 Å². The van der Waals surface area contributed by atoms with Crippen molar-refractivity contribution in [2.45, 2.75) is 65.3 Å². The molecule has 2 N–H and O–H groups in total. The minimum Gasteiger partial charge on any atom is -0.493 e. The maximum atomic E-state index is 12.9. The fourth-order valence-electron chi connectivity index (χ4n) is 6.24. The van der Waals surface area contributed by atoms with E-state index in [-0.39, 0.29) is 5.97 Å². The molecule has 0 radical (unpaired) electrons. The summed E-state index contributed by atoms with van der Waals surface area (Å²) in [7, 11) is 7.35. The summed E-state index contributed by atoms with van der Waals surface area (Å²) in [4.78, 5) is 14.9. The van der Waals surface area contributed by atoms with E-state index in [2.05, 4.69) is 35.9 Å². The summed E-state index contributed by atoms with van der Waals surface area (Å²) in [5.41, 5.74) is 10.8. The lowest BCUT2D eigenvalue weighted by atomic mass is 9.88. The van der Waals surface area contributed by atoms with Gasteiger partial charge < -0.3 is 29.7 Å². The summed E-state index contributed by atoms with van der Waals surface area (Å²) >= 11 is 8.51. The number of ether oxygens (including phenoxy) is 2. The molecule has 0 saturated heterocycles. The van der Waals surface area contributed by atoms with Crippen LogP contribution in [0.5, 0.6) is 5.75 Å². The number of carbonyl (C=O) groups is 1. The smallest absolute Gasteiger partial charge is 0.354 e. The number of rotatable bonds is 3. The standard InChI is InChI=1S/C39H51ClN4O3S/c1-26-19-34-16-14-31(40)22-36(28(3)43(5)6)27(2)24-48-25-32(41)23-33(42-4)15-13-29-20-30-11-8-9-12-35(30)37(21-29)47-18-10-17-44(34)38(26)39(45)46-7/h14,16,19-23,41-42H,2,8-13,15,17-18,24-25H2,1,3-7H3/b16-14-,31-22-,33-23-,36-28-,41-32?. The summed E-state index contributed by atoms with van der Waals surface area (Å²) in [5.74, 6) is 1.85. The number of methoxy groups -OCH3 is 1. The molecule has 2 aromatic rings. The Labute approximate surface area is 296 Å². The van der Waals surface area contributed by atoms with Crippen LogP contribution in [0, 0.1) is 12.3 Å². The Morgan fingerprint density at radius 3 is 2.58 bits per heavy atom. The lowest BCUT2D eigenvalue weighted by Gasteiger charge is -2.22. The number of allylic oxidation sites excluding steroid dienone is 7. The molecule has 1 aromatic heterocycles. The number of fused-ring (bicyclic) bond motifs is 5. The first kappa shape index (κ1) is 37.2. The van der Waals surface area contributed by atoms with Gasteiger partial charge in [-0.3, -0.25) is 0 Å². The number of nitrogens with one attached hydrogen (secondary N) is 2. The average molecular weight is 691 g/mol. The van der Waals surface area contributed by atoms with Crippen molar-refractivity contribution in [2.75, 3.05) is 46.4 Å². The third-order valence-electron chi connectivity index (χ3n) is 8.99. The Balaban J connectivity index is 1.72. The van der Waals surface area contributed by atoms with E-state index in [9.17, 15) is 4.79 Å². The van der Waals surface area contributed by atoms with Gasteiger partial charge in [-0.2, -0.15) is 11.8 Å². The minimum absolute atomic E-state index is 0.363. The second kappa shape index (κ2) is 17.7. The summed E-state index contributed by atoms with van der Waals surface area (Å²) in [6.45, 7) is 9.48. The maximum Gasteiger partial charge on any atom is 0.354 e. The van der Waals surface area contributed by atoms with Gasteiger partial charge >= 0.3 is 5.97 Å². The summed E-state index contributed by atoms with van der Waals surface area (Å²) in [6.07, 6.45) is 14.6. The summed E-state index contributed by atoms with van der Waals surface area (Å²) in [5, 5.41) is 12.5. The van der Waals surface area contributed by atoms with Crippen molar-refractivity contribution in [1.29, 1.82) is 5.41 Å². The Hall–Kier alpha value is -3.62. The molecule has 0 spiro atoms. The topological polar surface area (TPSA) is 79.6 Å². The van der Waals surface area contributed by atoms with Crippen LogP contribution in [0.2, 0.25) is 0 Å². The molecular weight excluding hydrogens is 640 g/mol. The van der Waals surface area contributed by atoms with Gasteiger partial charge in [-0.05, 0) is 129 Å². The highest BCUT2D eigenvalue weighted by molar-refractivity contribution is 8.00. The number of hydrogen-bond donors (Lipinski definition) is 2. The second-order valence-corrected chi connectivity index (χ2v) is 14.1. The van der Waals surface area contributed by atoms with E-state index in [1.54, 1.807) is 11.8 Å². The zero-order valence-corrected chi connectivity index (χ0v) is 31.0. The highest BCUT2D eigenvalue weighted by atomic mass is 35.5. The molecule has 1 aromatic carbocycles. The van der Waals surface area contributed by atoms with Crippen molar-refractivity contribution in [1.82, 2.24) is 14.8 Å². The maximum absolute atomic E-state index is 12.9. The molecule has 0 atom stereocenters. The Morgan fingerprint density at radius 2 is 1.85 bits per heavy atom. The van der Waals surface area contributed by atoms with E-state index < -0.39 is 0 Å². The van der Waals surface area contributed by atoms with E-state index in [4.69, 9.17) is 26.5 Å². The molecule has 2 aliphatic rings. The first-order valence-corrected chi connectivity index (χ1v) is 18.3. The molecule has 0 amide bonds. The number of esters is 1.